The van der Waals surface area contributed by atoms with Crippen LogP contribution in [0, 0.1) is 0 Å². The van der Waals surface area contributed by atoms with E-state index in [2.05, 4.69) is 5.32 Å². The lowest BCUT2D eigenvalue weighted by molar-refractivity contribution is -0.128. The van der Waals surface area contributed by atoms with E-state index in [0.29, 0.717) is 10.8 Å². The van der Waals surface area contributed by atoms with Crippen molar-refractivity contribution in [1.29, 1.82) is 0 Å². The van der Waals surface area contributed by atoms with E-state index >= 15 is 0 Å². The van der Waals surface area contributed by atoms with Gasteiger partial charge in [0.05, 0.1) is 18.2 Å². The molecule has 2 rings (SSSR count). The Morgan fingerprint density at radius 3 is 2.42 bits per heavy atom. The molecule has 0 spiro atoms. The normalized spacial score (nSPS) is 13.0. The molecule has 4 nitrogen and oxygen atoms in total. The molecule has 0 aliphatic heterocycles. The highest BCUT2D eigenvalue weighted by Gasteiger charge is 2.20. The van der Waals surface area contributed by atoms with E-state index < -0.39 is 6.10 Å². The predicted octanol–water partition coefficient (Wildman–Crippen LogP) is 4.38. The molecule has 0 saturated carbocycles. The monoisotopic (exact) mass is 347 g/mol. The van der Waals surface area contributed by atoms with E-state index in [4.69, 9.17) is 21.1 Å². The number of hydrogen-bond donors (Lipinski definition) is 1. The SMILES string of the molecule is CC[C@H](NC(=O)[C@@H](C)Oc1ccccc1Cl)c1ccc(OC)cc1. The molecule has 0 heterocycles. The van der Waals surface area contributed by atoms with Gasteiger partial charge in [0.1, 0.15) is 11.5 Å². The number of benzene rings is 2. The zero-order valence-corrected chi connectivity index (χ0v) is 14.8. The lowest BCUT2D eigenvalue weighted by Gasteiger charge is -2.21. The standard InChI is InChI=1S/C19H22ClNO3/c1-4-17(14-9-11-15(23-3)12-10-14)21-19(22)13(2)24-18-8-6-5-7-16(18)20/h5-13,17H,4H2,1-3H3,(H,21,22)/t13-,17+/m1/s1. The number of carbonyl (C=O) groups is 1. The smallest absolute Gasteiger partial charge is 0.261 e. The quantitative estimate of drug-likeness (QED) is 0.808. The molecule has 128 valence electrons. The number of amides is 1. The van der Waals surface area contributed by atoms with E-state index in [1.165, 1.54) is 0 Å². The lowest BCUT2D eigenvalue weighted by Crippen LogP contribution is -2.38. The first-order valence-corrected chi connectivity index (χ1v) is 8.28. The van der Waals surface area contributed by atoms with Gasteiger partial charge in [-0.05, 0) is 43.2 Å². The summed E-state index contributed by atoms with van der Waals surface area (Å²) < 4.78 is 10.8. The molecule has 2 aromatic rings. The molecule has 2 aromatic carbocycles. The molecular formula is C19H22ClNO3. The number of para-hydroxylation sites is 1. The van der Waals surface area contributed by atoms with Crippen molar-refractivity contribution in [1.82, 2.24) is 5.32 Å². The molecule has 0 radical (unpaired) electrons. The Balaban J connectivity index is 2.01. The van der Waals surface area contributed by atoms with Crippen LogP contribution in [0.4, 0.5) is 0 Å². The Labute approximate surface area is 147 Å². The fourth-order valence-electron chi connectivity index (χ4n) is 2.33. The molecule has 0 aliphatic rings. The van der Waals surface area contributed by atoms with E-state index in [-0.39, 0.29) is 11.9 Å². The number of rotatable bonds is 7. The molecule has 0 aliphatic carbocycles. The molecule has 0 fully saturated rings. The van der Waals surface area contributed by atoms with Gasteiger partial charge in [0.15, 0.2) is 6.10 Å². The summed E-state index contributed by atoms with van der Waals surface area (Å²) in [7, 11) is 1.63. The summed E-state index contributed by atoms with van der Waals surface area (Å²) >= 11 is 6.06. The summed E-state index contributed by atoms with van der Waals surface area (Å²) in [6, 6.07) is 14.7. The van der Waals surface area contributed by atoms with Crippen molar-refractivity contribution < 1.29 is 14.3 Å². The van der Waals surface area contributed by atoms with Gasteiger partial charge < -0.3 is 14.8 Å². The molecule has 2 atom stereocenters. The third-order valence-electron chi connectivity index (χ3n) is 3.75. The van der Waals surface area contributed by atoms with Gasteiger partial charge in [-0.2, -0.15) is 0 Å². The van der Waals surface area contributed by atoms with Gasteiger partial charge in [0.25, 0.3) is 5.91 Å². The highest BCUT2D eigenvalue weighted by atomic mass is 35.5. The predicted molar refractivity (Wildman–Crippen MR) is 95.7 cm³/mol. The van der Waals surface area contributed by atoms with E-state index in [9.17, 15) is 4.79 Å². The summed E-state index contributed by atoms with van der Waals surface area (Å²) in [6.07, 6.45) is 0.133. The molecule has 5 heteroatoms. The number of ether oxygens (including phenoxy) is 2. The van der Waals surface area contributed by atoms with E-state index in [1.807, 2.05) is 43.3 Å². The highest BCUT2D eigenvalue weighted by Crippen LogP contribution is 2.25. The van der Waals surface area contributed by atoms with Crippen LogP contribution in [0.2, 0.25) is 5.02 Å². The summed E-state index contributed by atoms with van der Waals surface area (Å²) in [5.74, 6) is 1.10. The van der Waals surface area contributed by atoms with E-state index in [1.54, 1.807) is 26.2 Å². The zero-order valence-electron chi connectivity index (χ0n) is 14.1. The third-order valence-corrected chi connectivity index (χ3v) is 4.06. The van der Waals surface area contributed by atoms with Crippen molar-refractivity contribution in [2.75, 3.05) is 7.11 Å². The number of carbonyl (C=O) groups excluding carboxylic acids is 1. The van der Waals surface area contributed by atoms with Crippen molar-refractivity contribution in [3.05, 3.63) is 59.1 Å². The number of halogens is 1. The summed E-state index contributed by atoms with van der Waals surface area (Å²) in [6.45, 7) is 3.73. The Kier molecular flexibility index (Phi) is 6.50. The first-order valence-electron chi connectivity index (χ1n) is 7.90. The summed E-state index contributed by atoms with van der Waals surface area (Å²) in [5.41, 5.74) is 1.02. The molecule has 0 saturated heterocycles. The van der Waals surface area contributed by atoms with Gasteiger partial charge in [-0.1, -0.05) is 42.8 Å². The Hall–Kier alpha value is -2.20. The largest absolute Gasteiger partial charge is 0.497 e. The van der Waals surface area contributed by atoms with Crippen molar-refractivity contribution in [2.24, 2.45) is 0 Å². The van der Waals surface area contributed by atoms with Crippen LogP contribution >= 0.6 is 11.6 Å². The molecular weight excluding hydrogens is 326 g/mol. The fraction of sp³-hybridized carbons (Fsp3) is 0.316. The number of hydrogen-bond acceptors (Lipinski definition) is 3. The van der Waals surface area contributed by atoms with Gasteiger partial charge in [-0.15, -0.1) is 0 Å². The summed E-state index contributed by atoms with van der Waals surface area (Å²) in [4.78, 5) is 12.4. The van der Waals surface area contributed by atoms with Crippen LogP contribution in [-0.2, 0) is 4.79 Å². The maximum atomic E-state index is 12.4. The topological polar surface area (TPSA) is 47.6 Å². The molecule has 24 heavy (non-hydrogen) atoms. The van der Waals surface area contributed by atoms with Crippen LogP contribution in [0.25, 0.3) is 0 Å². The van der Waals surface area contributed by atoms with Gasteiger partial charge in [0, 0.05) is 0 Å². The van der Waals surface area contributed by atoms with Crippen LogP contribution < -0.4 is 14.8 Å². The summed E-state index contributed by atoms with van der Waals surface area (Å²) in [5, 5.41) is 3.50. The second-order valence-corrected chi connectivity index (χ2v) is 5.84. The van der Waals surface area contributed by atoms with Gasteiger partial charge in [-0.3, -0.25) is 4.79 Å². The average Bonchev–Trinajstić information content (AvgIpc) is 2.61. The van der Waals surface area contributed by atoms with Crippen LogP contribution in [0.5, 0.6) is 11.5 Å². The van der Waals surface area contributed by atoms with Crippen LogP contribution in [0.1, 0.15) is 31.9 Å². The van der Waals surface area contributed by atoms with Crippen LogP contribution in [0.3, 0.4) is 0 Å². The second kappa shape index (κ2) is 8.60. The Morgan fingerprint density at radius 2 is 1.83 bits per heavy atom. The Bertz CT molecular complexity index is 673. The van der Waals surface area contributed by atoms with Gasteiger partial charge >= 0.3 is 0 Å². The molecule has 0 unspecified atom stereocenters. The van der Waals surface area contributed by atoms with Crippen molar-refractivity contribution >= 4 is 17.5 Å². The van der Waals surface area contributed by atoms with Crippen molar-refractivity contribution in [2.45, 2.75) is 32.4 Å². The minimum Gasteiger partial charge on any atom is -0.497 e. The second-order valence-electron chi connectivity index (χ2n) is 5.43. The molecule has 1 N–H and O–H groups in total. The van der Waals surface area contributed by atoms with E-state index in [0.717, 1.165) is 17.7 Å². The fourth-order valence-corrected chi connectivity index (χ4v) is 2.51. The lowest BCUT2D eigenvalue weighted by atomic mass is 10.0. The molecule has 0 bridgehead atoms. The first kappa shape index (κ1) is 18.1. The highest BCUT2D eigenvalue weighted by molar-refractivity contribution is 6.32. The third kappa shape index (κ3) is 4.65. The van der Waals surface area contributed by atoms with Crippen molar-refractivity contribution in [3.63, 3.8) is 0 Å². The average molecular weight is 348 g/mol. The molecule has 0 aromatic heterocycles. The zero-order chi connectivity index (χ0) is 17.5. The maximum Gasteiger partial charge on any atom is 0.261 e. The minimum absolute atomic E-state index is 0.0827. The minimum atomic E-state index is -0.641. The molecule has 1 amide bonds. The first-order chi connectivity index (χ1) is 11.5. The van der Waals surface area contributed by atoms with Gasteiger partial charge in [-0.25, -0.2) is 0 Å². The maximum absolute atomic E-state index is 12.4. The Morgan fingerprint density at radius 1 is 1.17 bits per heavy atom. The van der Waals surface area contributed by atoms with Crippen LogP contribution in [0.15, 0.2) is 48.5 Å². The van der Waals surface area contributed by atoms with Crippen molar-refractivity contribution in [3.8, 4) is 11.5 Å². The number of nitrogens with one attached hydrogen (secondary N) is 1. The number of methoxy groups -OCH3 is 1. The van der Waals surface area contributed by atoms with Crippen LogP contribution in [-0.4, -0.2) is 19.1 Å². The van der Waals surface area contributed by atoms with Gasteiger partial charge in [0.2, 0.25) is 0 Å².